The maximum Gasteiger partial charge on any atom is 0.305 e. The second-order valence-electron chi connectivity index (χ2n) is 7.88. The van der Waals surface area contributed by atoms with Crippen molar-refractivity contribution in [1.29, 1.82) is 0 Å². The van der Waals surface area contributed by atoms with Gasteiger partial charge in [0.05, 0.1) is 24.4 Å². The number of aliphatic carboxylic acids is 1. The number of amides is 1. The molecule has 8 nitrogen and oxygen atoms in total. The number of nitrogens with zero attached hydrogens (tertiary/aromatic N) is 2. The number of aromatic nitrogens is 2. The average molecular weight is 466 g/mol. The van der Waals surface area contributed by atoms with E-state index in [1.807, 2.05) is 56.3 Å². The van der Waals surface area contributed by atoms with Gasteiger partial charge in [0.25, 0.3) is 5.91 Å². The predicted molar refractivity (Wildman–Crippen MR) is 129 cm³/mol. The Balaban J connectivity index is 1.69. The Kier molecular flexibility index (Phi) is 8.67. The van der Waals surface area contributed by atoms with Crippen LogP contribution in [-0.4, -0.2) is 39.9 Å². The van der Waals surface area contributed by atoms with Crippen molar-refractivity contribution in [2.24, 2.45) is 0 Å². The molecule has 1 heterocycles. The molecule has 0 saturated heterocycles. The Hall–Kier alpha value is -3.81. The first-order chi connectivity index (χ1) is 16.4. The summed E-state index contributed by atoms with van der Waals surface area (Å²) in [5, 5.41) is 15.8. The Labute approximate surface area is 199 Å². The summed E-state index contributed by atoms with van der Waals surface area (Å²) in [4.78, 5) is 22.8. The van der Waals surface area contributed by atoms with Gasteiger partial charge in [-0.1, -0.05) is 25.5 Å². The molecule has 3 rings (SSSR count). The third-order valence-corrected chi connectivity index (χ3v) is 5.17. The molecule has 1 unspecified atom stereocenters. The van der Waals surface area contributed by atoms with Crippen LogP contribution in [-0.2, 0) is 4.79 Å². The minimum Gasteiger partial charge on any atom is -0.486 e. The van der Waals surface area contributed by atoms with Crippen molar-refractivity contribution in [1.82, 2.24) is 15.1 Å². The summed E-state index contributed by atoms with van der Waals surface area (Å²) < 4.78 is 13.7. The largest absolute Gasteiger partial charge is 0.486 e. The molecule has 0 saturated carbocycles. The van der Waals surface area contributed by atoms with Crippen LogP contribution < -0.4 is 14.8 Å². The van der Waals surface area contributed by atoms with Gasteiger partial charge in [-0.3, -0.25) is 9.59 Å². The highest BCUT2D eigenvalue weighted by atomic mass is 16.5. The minimum atomic E-state index is -0.947. The first kappa shape index (κ1) is 24.8. The molecule has 180 valence electrons. The predicted octanol–water partition coefficient (Wildman–Crippen LogP) is 4.70. The van der Waals surface area contributed by atoms with E-state index < -0.39 is 5.97 Å². The van der Waals surface area contributed by atoms with Crippen LogP contribution in [0.1, 0.15) is 60.8 Å². The molecule has 0 aliphatic carbocycles. The van der Waals surface area contributed by atoms with E-state index in [1.165, 1.54) is 0 Å². The molecule has 2 aromatic carbocycles. The van der Waals surface area contributed by atoms with Crippen molar-refractivity contribution in [3.05, 3.63) is 71.4 Å². The molecule has 1 aromatic heterocycles. The molecule has 3 aromatic rings. The standard InChI is InChI=1S/C26H31N3O5/c1-4-6-23(19-7-9-20(10-8-19)26(32)27-16-15-25(30)31)34-22-13-11-21(12-14-22)29-24(33-5-2)17-18(3)28-29/h7-14,17,23H,4-6,15-16H2,1-3H3,(H,27,32)(H,30,31). The van der Waals surface area contributed by atoms with Crippen LogP contribution in [0.5, 0.6) is 11.6 Å². The third-order valence-electron chi connectivity index (χ3n) is 5.17. The number of hydrogen-bond donors (Lipinski definition) is 2. The van der Waals surface area contributed by atoms with Crippen LogP contribution in [0.4, 0.5) is 0 Å². The van der Waals surface area contributed by atoms with Gasteiger partial charge in [0.2, 0.25) is 5.88 Å². The maximum atomic E-state index is 12.2. The lowest BCUT2D eigenvalue weighted by Crippen LogP contribution is -2.26. The number of benzene rings is 2. The average Bonchev–Trinajstić information content (AvgIpc) is 3.19. The van der Waals surface area contributed by atoms with Gasteiger partial charge in [-0.2, -0.15) is 5.10 Å². The first-order valence-corrected chi connectivity index (χ1v) is 11.5. The van der Waals surface area contributed by atoms with E-state index in [1.54, 1.807) is 16.8 Å². The van der Waals surface area contributed by atoms with Crippen molar-refractivity contribution in [2.45, 2.75) is 46.1 Å². The molecule has 34 heavy (non-hydrogen) atoms. The van der Waals surface area contributed by atoms with E-state index in [9.17, 15) is 9.59 Å². The van der Waals surface area contributed by atoms with Gasteiger partial charge in [-0.05, 0) is 62.2 Å². The zero-order valence-corrected chi connectivity index (χ0v) is 19.8. The summed E-state index contributed by atoms with van der Waals surface area (Å²) in [6.07, 6.45) is 1.48. The topological polar surface area (TPSA) is 103 Å². The number of aryl methyl sites for hydroxylation is 1. The highest BCUT2D eigenvalue weighted by Crippen LogP contribution is 2.28. The summed E-state index contributed by atoms with van der Waals surface area (Å²) in [6.45, 7) is 6.62. The highest BCUT2D eigenvalue weighted by molar-refractivity contribution is 5.94. The monoisotopic (exact) mass is 465 g/mol. The number of carboxylic acids is 1. The lowest BCUT2D eigenvalue weighted by molar-refractivity contribution is -0.136. The lowest BCUT2D eigenvalue weighted by atomic mass is 10.0. The summed E-state index contributed by atoms with van der Waals surface area (Å²) >= 11 is 0. The molecule has 0 aliphatic heterocycles. The Morgan fingerprint density at radius 2 is 1.79 bits per heavy atom. The van der Waals surface area contributed by atoms with E-state index in [-0.39, 0.29) is 25.0 Å². The normalized spacial score (nSPS) is 11.6. The highest BCUT2D eigenvalue weighted by Gasteiger charge is 2.15. The zero-order valence-electron chi connectivity index (χ0n) is 19.8. The van der Waals surface area contributed by atoms with Crippen molar-refractivity contribution in [3.63, 3.8) is 0 Å². The van der Waals surface area contributed by atoms with E-state index in [4.69, 9.17) is 14.6 Å². The number of carbonyl (C=O) groups excluding carboxylic acids is 1. The summed E-state index contributed by atoms with van der Waals surface area (Å²) in [5.74, 6) is 0.193. The van der Waals surface area contributed by atoms with Crippen LogP contribution in [0.15, 0.2) is 54.6 Å². The fourth-order valence-electron chi connectivity index (χ4n) is 3.53. The van der Waals surface area contributed by atoms with E-state index in [2.05, 4.69) is 17.3 Å². The van der Waals surface area contributed by atoms with Gasteiger partial charge < -0.3 is 19.9 Å². The summed E-state index contributed by atoms with van der Waals surface area (Å²) in [6, 6.07) is 16.8. The van der Waals surface area contributed by atoms with Crippen molar-refractivity contribution in [2.75, 3.05) is 13.2 Å². The summed E-state index contributed by atoms with van der Waals surface area (Å²) in [5.41, 5.74) is 3.21. The number of nitrogens with one attached hydrogen (secondary N) is 1. The maximum absolute atomic E-state index is 12.2. The van der Waals surface area contributed by atoms with Gasteiger partial charge in [0.1, 0.15) is 11.9 Å². The molecule has 1 amide bonds. The third kappa shape index (κ3) is 6.60. The molecular weight excluding hydrogens is 434 g/mol. The van der Waals surface area contributed by atoms with E-state index in [0.29, 0.717) is 18.1 Å². The number of hydrogen-bond acceptors (Lipinski definition) is 5. The van der Waals surface area contributed by atoms with Crippen LogP contribution in [0.2, 0.25) is 0 Å². The number of rotatable bonds is 12. The number of ether oxygens (including phenoxy) is 2. The van der Waals surface area contributed by atoms with Crippen molar-refractivity contribution >= 4 is 11.9 Å². The van der Waals surface area contributed by atoms with Crippen molar-refractivity contribution < 1.29 is 24.2 Å². The quantitative estimate of drug-likeness (QED) is 0.402. The van der Waals surface area contributed by atoms with Crippen LogP contribution in [0.3, 0.4) is 0 Å². The van der Waals surface area contributed by atoms with Gasteiger partial charge in [-0.25, -0.2) is 4.68 Å². The van der Waals surface area contributed by atoms with E-state index in [0.717, 1.165) is 35.5 Å². The lowest BCUT2D eigenvalue weighted by Gasteiger charge is -2.20. The van der Waals surface area contributed by atoms with Gasteiger partial charge in [0, 0.05) is 18.2 Å². The smallest absolute Gasteiger partial charge is 0.305 e. The number of carboxylic acid groups (broad SMARTS) is 1. The molecule has 2 N–H and O–H groups in total. The Morgan fingerprint density at radius 3 is 2.41 bits per heavy atom. The SMILES string of the molecule is CCCC(Oc1ccc(-n2nc(C)cc2OCC)cc1)c1ccc(C(=O)NCCC(=O)O)cc1. The Bertz CT molecular complexity index is 1090. The fraction of sp³-hybridized carbons (Fsp3) is 0.346. The van der Waals surface area contributed by atoms with Gasteiger partial charge >= 0.3 is 5.97 Å². The first-order valence-electron chi connectivity index (χ1n) is 11.5. The molecule has 8 heteroatoms. The minimum absolute atomic E-state index is 0.0949. The second-order valence-corrected chi connectivity index (χ2v) is 7.88. The molecule has 0 spiro atoms. The van der Waals surface area contributed by atoms with Crippen LogP contribution in [0, 0.1) is 6.92 Å². The molecule has 1 atom stereocenters. The zero-order chi connectivity index (χ0) is 24.5. The van der Waals surface area contributed by atoms with Gasteiger partial charge in [-0.15, -0.1) is 0 Å². The van der Waals surface area contributed by atoms with Crippen LogP contribution >= 0.6 is 0 Å². The molecule has 0 bridgehead atoms. The number of carbonyl (C=O) groups is 2. The molecule has 0 radical (unpaired) electrons. The Morgan fingerprint density at radius 1 is 1.09 bits per heavy atom. The second kappa shape index (κ2) is 11.9. The molecule has 0 fully saturated rings. The summed E-state index contributed by atoms with van der Waals surface area (Å²) in [7, 11) is 0. The fourth-order valence-corrected chi connectivity index (χ4v) is 3.53. The van der Waals surface area contributed by atoms with Gasteiger partial charge in [0.15, 0.2) is 0 Å². The molecule has 0 aliphatic rings. The van der Waals surface area contributed by atoms with E-state index >= 15 is 0 Å². The van der Waals surface area contributed by atoms with Crippen molar-refractivity contribution in [3.8, 4) is 17.3 Å². The van der Waals surface area contributed by atoms with Crippen LogP contribution in [0.25, 0.3) is 5.69 Å². The molecular formula is C26H31N3O5.